The molecule has 0 amide bonds. The Labute approximate surface area is 80.3 Å². The van der Waals surface area contributed by atoms with Crippen LogP contribution in [0.5, 0.6) is 0 Å². The average molecular weight is 182 g/mol. The first-order valence-corrected chi connectivity index (χ1v) is 4.68. The predicted molar refractivity (Wildman–Crippen MR) is 54.4 cm³/mol. The van der Waals surface area contributed by atoms with Gasteiger partial charge in [0.25, 0.3) is 0 Å². The van der Waals surface area contributed by atoms with Crippen molar-refractivity contribution in [3.8, 4) is 0 Å². The molecule has 0 atom stereocenters. The first-order valence-electron chi connectivity index (χ1n) is 4.68. The van der Waals surface area contributed by atoms with Crippen LogP contribution >= 0.6 is 0 Å². The van der Waals surface area contributed by atoms with Crippen LogP contribution in [0.3, 0.4) is 0 Å². The Morgan fingerprint density at radius 2 is 1.92 bits per heavy atom. The van der Waals surface area contributed by atoms with E-state index in [0.717, 1.165) is 19.3 Å². The van der Waals surface area contributed by atoms with E-state index in [4.69, 9.17) is 0 Å². The number of hydrogen-bond acceptors (Lipinski definition) is 2. The van der Waals surface area contributed by atoms with E-state index in [0.29, 0.717) is 6.42 Å². The first-order chi connectivity index (χ1) is 6.31. The highest BCUT2D eigenvalue weighted by atomic mass is 16.5. The van der Waals surface area contributed by atoms with Crippen molar-refractivity contribution in [2.24, 2.45) is 0 Å². The van der Waals surface area contributed by atoms with Crippen LogP contribution in [0.1, 0.15) is 32.6 Å². The van der Waals surface area contributed by atoms with Gasteiger partial charge in [0.15, 0.2) is 0 Å². The van der Waals surface area contributed by atoms with Crippen LogP contribution in [0.25, 0.3) is 0 Å². The largest absolute Gasteiger partial charge is 0.469 e. The Morgan fingerprint density at radius 3 is 2.54 bits per heavy atom. The summed E-state index contributed by atoms with van der Waals surface area (Å²) in [5.41, 5.74) is 0. The molecule has 0 saturated carbocycles. The molecule has 0 radical (unpaired) electrons. The van der Waals surface area contributed by atoms with Crippen molar-refractivity contribution in [2.75, 3.05) is 7.11 Å². The summed E-state index contributed by atoms with van der Waals surface area (Å²) >= 11 is 0. The van der Waals surface area contributed by atoms with Gasteiger partial charge in [0.2, 0.25) is 0 Å². The van der Waals surface area contributed by atoms with E-state index >= 15 is 0 Å². The van der Waals surface area contributed by atoms with E-state index in [1.165, 1.54) is 7.11 Å². The molecule has 0 unspecified atom stereocenters. The summed E-state index contributed by atoms with van der Waals surface area (Å²) in [5.74, 6) is -0.145. The molecule has 0 bridgehead atoms. The number of methoxy groups -OCH3 is 1. The van der Waals surface area contributed by atoms with Crippen LogP contribution in [0.2, 0.25) is 0 Å². The lowest BCUT2D eigenvalue weighted by Crippen LogP contribution is -1.97. The second-order valence-corrected chi connectivity index (χ2v) is 2.70. The smallest absolute Gasteiger partial charge is 0.305 e. The second-order valence-electron chi connectivity index (χ2n) is 2.70. The van der Waals surface area contributed by atoms with Crippen molar-refractivity contribution in [3.63, 3.8) is 0 Å². The lowest BCUT2D eigenvalue weighted by atomic mass is 10.2. The molecule has 2 nitrogen and oxygen atoms in total. The highest BCUT2D eigenvalue weighted by Crippen LogP contribution is 1.95. The van der Waals surface area contributed by atoms with Crippen LogP contribution < -0.4 is 0 Å². The molecule has 2 heteroatoms. The van der Waals surface area contributed by atoms with Crippen LogP contribution in [0, 0.1) is 0 Å². The summed E-state index contributed by atoms with van der Waals surface area (Å²) in [6.45, 7) is 2.11. The number of hydrogen-bond donors (Lipinski definition) is 0. The summed E-state index contributed by atoms with van der Waals surface area (Å²) in [4.78, 5) is 10.7. The SMILES string of the molecule is CC/C=C\C/C=C\CCC(=O)OC. The molecule has 0 aliphatic heterocycles. The van der Waals surface area contributed by atoms with Gasteiger partial charge in [-0.3, -0.25) is 4.79 Å². The quantitative estimate of drug-likeness (QED) is 0.466. The fourth-order valence-electron chi connectivity index (χ4n) is 0.859. The summed E-state index contributed by atoms with van der Waals surface area (Å²) in [6.07, 6.45) is 11.6. The molecule has 0 aromatic rings. The molecule has 0 aromatic heterocycles. The van der Waals surface area contributed by atoms with Crippen molar-refractivity contribution >= 4 is 5.97 Å². The molecule has 0 aliphatic rings. The number of carbonyl (C=O) groups excluding carboxylic acids is 1. The molecule has 0 aromatic carbocycles. The maximum atomic E-state index is 10.7. The van der Waals surface area contributed by atoms with Gasteiger partial charge >= 0.3 is 5.97 Å². The van der Waals surface area contributed by atoms with E-state index in [-0.39, 0.29) is 5.97 Å². The lowest BCUT2D eigenvalue weighted by Gasteiger charge is -1.93. The molecule has 0 spiro atoms. The summed E-state index contributed by atoms with van der Waals surface area (Å²) < 4.78 is 4.51. The minimum Gasteiger partial charge on any atom is -0.469 e. The van der Waals surface area contributed by atoms with Gasteiger partial charge in [-0.2, -0.15) is 0 Å². The molecular weight excluding hydrogens is 164 g/mol. The zero-order valence-electron chi connectivity index (χ0n) is 8.45. The van der Waals surface area contributed by atoms with E-state index in [9.17, 15) is 4.79 Å². The van der Waals surface area contributed by atoms with Gasteiger partial charge in [0.05, 0.1) is 7.11 Å². The number of rotatable bonds is 6. The Balaban J connectivity index is 3.31. The van der Waals surface area contributed by atoms with Crippen LogP contribution in [0.15, 0.2) is 24.3 Å². The Kier molecular flexibility index (Phi) is 8.31. The van der Waals surface area contributed by atoms with E-state index in [1.54, 1.807) is 0 Å². The van der Waals surface area contributed by atoms with Crippen molar-refractivity contribution in [1.82, 2.24) is 0 Å². The van der Waals surface area contributed by atoms with Crippen LogP contribution in [-0.4, -0.2) is 13.1 Å². The van der Waals surface area contributed by atoms with Crippen molar-refractivity contribution in [1.29, 1.82) is 0 Å². The van der Waals surface area contributed by atoms with Gasteiger partial charge < -0.3 is 4.74 Å². The molecule has 0 N–H and O–H groups in total. The average Bonchev–Trinajstić information content (AvgIpc) is 2.16. The van der Waals surface area contributed by atoms with Crippen LogP contribution in [0.4, 0.5) is 0 Å². The maximum absolute atomic E-state index is 10.7. The lowest BCUT2D eigenvalue weighted by molar-refractivity contribution is -0.140. The number of ether oxygens (including phenoxy) is 1. The topological polar surface area (TPSA) is 26.3 Å². The van der Waals surface area contributed by atoms with Crippen LogP contribution in [-0.2, 0) is 9.53 Å². The van der Waals surface area contributed by atoms with E-state index in [2.05, 4.69) is 29.9 Å². The highest BCUT2D eigenvalue weighted by Gasteiger charge is 1.94. The maximum Gasteiger partial charge on any atom is 0.305 e. The minimum absolute atomic E-state index is 0.145. The first kappa shape index (κ1) is 11.9. The molecule has 13 heavy (non-hydrogen) atoms. The third kappa shape index (κ3) is 8.86. The van der Waals surface area contributed by atoms with Crippen molar-refractivity contribution < 1.29 is 9.53 Å². The summed E-state index contributed by atoms with van der Waals surface area (Å²) in [7, 11) is 1.41. The Hall–Kier alpha value is -1.05. The van der Waals surface area contributed by atoms with Gasteiger partial charge in [-0.15, -0.1) is 0 Å². The number of esters is 1. The standard InChI is InChI=1S/C11H18O2/c1-3-4-5-6-7-8-9-10-11(12)13-2/h4-5,7-8H,3,6,9-10H2,1-2H3/b5-4-,8-7-. The summed E-state index contributed by atoms with van der Waals surface area (Å²) in [5, 5.41) is 0. The normalized spacial score (nSPS) is 11.2. The fraction of sp³-hybridized carbons (Fsp3) is 0.545. The molecule has 0 heterocycles. The van der Waals surface area contributed by atoms with E-state index < -0.39 is 0 Å². The minimum atomic E-state index is -0.145. The monoisotopic (exact) mass is 182 g/mol. The molecule has 0 saturated heterocycles. The van der Waals surface area contributed by atoms with Gasteiger partial charge in [-0.1, -0.05) is 31.2 Å². The molecule has 0 fully saturated rings. The summed E-state index contributed by atoms with van der Waals surface area (Å²) in [6, 6.07) is 0. The van der Waals surface area contributed by atoms with E-state index in [1.807, 2.05) is 6.08 Å². The number of carbonyl (C=O) groups is 1. The van der Waals surface area contributed by atoms with Gasteiger partial charge in [0, 0.05) is 6.42 Å². The molecular formula is C11H18O2. The van der Waals surface area contributed by atoms with Gasteiger partial charge in [0.1, 0.15) is 0 Å². The number of allylic oxidation sites excluding steroid dienone is 4. The second kappa shape index (κ2) is 9.04. The van der Waals surface area contributed by atoms with Crippen molar-refractivity contribution in [3.05, 3.63) is 24.3 Å². The molecule has 0 aliphatic carbocycles. The Morgan fingerprint density at radius 1 is 1.23 bits per heavy atom. The van der Waals surface area contributed by atoms with Crippen molar-refractivity contribution in [2.45, 2.75) is 32.6 Å². The third-order valence-corrected chi connectivity index (χ3v) is 1.58. The third-order valence-electron chi connectivity index (χ3n) is 1.58. The molecule has 74 valence electrons. The predicted octanol–water partition coefficient (Wildman–Crippen LogP) is 2.85. The Bertz CT molecular complexity index is 181. The zero-order valence-corrected chi connectivity index (χ0v) is 8.45. The fourth-order valence-corrected chi connectivity index (χ4v) is 0.859. The molecule has 0 rings (SSSR count). The highest BCUT2D eigenvalue weighted by molar-refractivity contribution is 5.69. The van der Waals surface area contributed by atoms with Gasteiger partial charge in [-0.05, 0) is 19.3 Å². The van der Waals surface area contributed by atoms with Gasteiger partial charge in [-0.25, -0.2) is 0 Å². The zero-order chi connectivity index (χ0) is 9.94.